The number of piperazine rings is 1. The number of nitrogens with zero attached hydrogens (tertiary/aromatic N) is 2. The van der Waals surface area contributed by atoms with E-state index in [0.717, 1.165) is 55.7 Å². The van der Waals surface area contributed by atoms with Crippen molar-refractivity contribution in [3.8, 4) is 5.75 Å². The van der Waals surface area contributed by atoms with Crippen LogP contribution in [0.5, 0.6) is 5.75 Å². The summed E-state index contributed by atoms with van der Waals surface area (Å²) < 4.78 is 5.28. The number of rotatable bonds is 4. The smallest absolute Gasteiger partial charge is 0.252 e. The Morgan fingerprint density at radius 1 is 1.22 bits per heavy atom. The minimum absolute atomic E-state index is 0.0754. The first-order valence-corrected chi connectivity index (χ1v) is 9.58. The van der Waals surface area contributed by atoms with Crippen molar-refractivity contribution in [2.75, 3.05) is 39.8 Å². The fraction of sp³-hybridized carbons (Fsp3) is 0.500. The van der Waals surface area contributed by atoms with Crippen LogP contribution < -0.4 is 15.6 Å². The summed E-state index contributed by atoms with van der Waals surface area (Å²) in [5.74, 6) is 0.952. The largest absolute Gasteiger partial charge is 0.497 e. The minimum Gasteiger partial charge on any atom is -0.497 e. The first kappa shape index (κ1) is 18.0. The number of fused-ring (bicyclic) bond motifs is 1. The molecule has 3 heterocycles. The van der Waals surface area contributed by atoms with Crippen molar-refractivity contribution in [3.05, 3.63) is 40.2 Å². The Hall–Kier alpha value is -2.38. The normalized spacial score (nSPS) is 20.9. The number of ether oxygens (including phenoxy) is 1. The van der Waals surface area contributed by atoms with E-state index >= 15 is 0 Å². The molecule has 7 heteroatoms. The zero-order valence-electron chi connectivity index (χ0n) is 15.7. The van der Waals surface area contributed by atoms with Gasteiger partial charge in [0.2, 0.25) is 5.91 Å². The second-order valence-corrected chi connectivity index (χ2v) is 7.35. The summed E-state index contributed by atoms with van der Waals surface area (Å²) in [4.78, 5) is 32.2. The lowest BCUT2D eigenvalue weighted by Crippen LogP contribution is -2.57. The van der Waals surface area contributed by atoms with Gasteiger partial charge in [-0.05, 0) is 37.1 Å². The van der Waals surface area contributed by atoms with Gasteiger partial charge in [0.15, 0.2) is 0 Å². The summed E-state index contributed by atoms with van der Waals surface area (Å²) in [6.07, 6.45) is 2.19. The molecule has 1 aromatic heterocycles. The number of hydrogen-bond acceptors (Lipinski definition) is 5. The highest BCUT2D eigenvalue weighted by atomic mass is 16.5. The first-order valence-electron chi connectivity index (χ1n) is 9.58. The van der Waals surface area contributed by atoms with E-state index in [9.17, 15) is 9.59 Å². The van der Waals surface area contributed by atoms with Gasteiger partial charge in [-0.1, -0.05) is 0 Å². The summed E-state index contributed by atoms with van der Waals surface area (Å²) in [5, 5.41) is 4.28. The van der Waals surface area contributed by atoms with Crippen LogP contribution in [0, 0.1) is 0 Å². The molecule has 0 saturated carbocycles. The molecule has 2 aliphatic rings. The van der Waals surface area contributed by atoms with Crippen LogP contribution in [0.15, 0.2) is 29.1 Å². The van der Waals surface area contributed by atoms with E-state index < -0.39 is 0 Å². The molecule has 1 amide bonds. The molecule has 2 saturated heterocycles. The molecule has 1 aromatic carbocycles. The number of likely N-dealkylation sites (tertiary alicyclic amines) is 1. The number of carbonyl (C=O) groups excluding carboxylic acids is 1. The Kier molecular flexibility index (Phi) is 5.13. The van der Waals surface area contributed by atoms with Crippen molar-refractivity contribution in [3.63, 3.8) is 0 Å². The molecule has 0 bridgehead atoms. The van der Waals surface area contributed by atoms with E-state index in [2.05, 4.69) is 15.2 Å². The third-order valence-electron chi connectivity index (χ3n) is 5.50. The van der Waals surface area contributed by atoms with Gasteiger partial charge < -0.3 is 19.9 Å². The number of carbonyl (C=O) groups is 1. The van der Waals surface area contributed by atoms with Crippen LogP contribution in [0.1, 0.15) is 18.4 Å². The lowest BCUT2D eigenvalue weighted by molar-refractivity contribution is -0.133. The number of hydrogen-bond donors (Lipinski definition) is 2. The summed E-state index contributed by atoms with van der Waals surface area (Å²) in [7, 11) is 1.63. The second-order valence-electron chi connectivity index (χ2n) is 7.35. The molecule has 4 rings (SSSR count). The first-order chi connectivity index (χ1) is 13.1. The summed E-state index contributed by atoms with van der Waals surface area (Å²) in [6.45, 7) is 4.47. The van der Waals surface area contributed by atoms with Crippen molar-refractivity contribution in [2.24, 2.45) is 0 Å². The third kappa shape index (κ3) is 3.84. The highest BCUT2D eigenvalue weighted by Gasteiger charge is 2.30. The molecule has 2 aromatic rings. The Morgan fingerprint density at radius 3 is 2.81 bits per heavy atom. The molecule has 1 atom stereocenters. The van der Waals surface area contributed by atoms with E-state index in [1.54, 1.807) is 7.11 Å². The second kappa shape index (κ2) is 7.70. The number of benzene rings is 1. The van der Waals surface area contributed by atoms with Crippen molar-refractivity contribution in [1.29, 1.82) is 0 Å². The van der Waals surface area contributed by atoms with E-state index in [-0.39, 0.29) is 17.5 Å². The Bertz CT molecular complexity index is 888. The molecule has 0 spiro atoms. The summed E-state index contributed by atoms with van der Waals surface area (Å²) >= 11 is 0. The average Bonchev–Trinajstić information content (AvgIpc) is 3.22. The summed E-state index contributed by atoms with van der Waals surface area (Å²) in [6, 6.07) is 7.36. The highest BCUT2D eigenvalue weighted by Crippen LogP contribution is 2.19. The van der Waals surface area contributed by atoms with Gasteiger partial charge in [0.05, 0.1) is 13.2 Å². The molecule has 2 fully saturated rings. The molecule has 0 aliphatic carbocycles. The molecule has 7 nitrogen and oxygen atoms in total. The van der Waals surface area contributed by atoms with Crippen molar-refractivity contribution in [2.45, 2.75) is 25.4 Å². The monoisotopic (exact) mass is 370 g/mol. The number of pyridine rings is 1. The van der Waals surface area contributed by atoms with Gasteiger partial charge >= 0.3 is 0 Å². The standard InChI is InChI=1S/C20H26N4O3/c1-27-16-4-5-17-14(11-16)10-15(19(25)22-17)12-23-9-6-21-18(13-23)20(26)24-7-2-3-8-24/h4-5,10-11,18,21H,2-3,6-9,12-13H2,1H3,(H,22,25). The molecular formula is C20H26N4O3. The van der Waals surface area contributed by atoms with E-state index in [1.807, 2.05) is 29.2 Å². The molecular weight excluding hydrogens is 344 g/mol. The summed E-state index contributed by atoms with van der Waals surface area (Å²) in [5.41, 5.74) is 1.44. The van der Waals surface area contributed by atoms with Crippen LogP contribution in [-0.2, 0) is 11.3 Å². The van der Waals surface area contributed by atoms with E-state index in [1.165, 1.54) is 0 Å². The van der Waals surface area contributed by atoms with Gasteiger partial charge in [-0.15, -0.1) is 0 Å². The van der Waals surface area contributed by atoms with Crippen molar-refractivity contribution < 1.29 is 9.53 Å². The van der Waals surface area contributed by atoms with E-state index in [0.29, 0.717) is 18.7 Å². The SMILES string of the molecule is COc1ccc2[nH]c(=O)c(CN3CCNC(C(=O)N4CCCC4)C3)cc2c1. The topological polar surface area (TPSA) is 77.7 Å². The number of nitrogens with one attached hydrogen (secondary N) is 2. The average molecular weight is 370 g/mol. The Morgan fingerprint density at radius 2 is 2.04 bits per heavy atom. The number of aromatic amines is 1. The lowest BCUT2D eigenvalue weighted by Gasteiger charge is -2.34. The minimum atomic E-state index is -0.184. The Balaban J connectivity index is 1.50. The van der Waals surface area contributed by atoms with Gasteiger partial charge in [-0.2, -0.15) is 0 Å². The van der Waals surface area contributed by atoms with Crippen molar-refractivity contribution >= 4 is 16.8 Å². The van der Waals surface area contributed by atoms with Crippen LogP contribution in [-0.4, -0.2) is 66.6 Å². The quantitative estimate of drug-likeness (QED) is 0.837. The van der Waals surface area contributed by atoms with Gasteiger partial charge in [0.25, 0.3) is 5.56 Å². The number of H-pyrrole nitrogens is 1. The number of amides is 1. The molecule has 2 N–H and O–H groups in total. The fourth-order valence-electron chi connectivity index (χ4n) is 3.99. The number of aromatic nitrogens is 1. The van der Waals surface area contributed by atoms with Crippen molar-refractivity contribution in [1.82, 2.24) is 20.1 Å². The molecule has 2 aliphatic heterocycles. The van der Waals surface area contributed by atoms with Crippen LogP contribution >= 0.6 is 0 Å². The van der Waals surface area contributed by atoms with Gasteiger partial charge in [-0.25, -0.2) is 0 Å². The maximum absolute atomic E-state index is 12.7. The van der Waals surface area contributed by atoms with Gasteiger partial charge in [0, 0.05) is 55.7 Å². The van der Waals surface area contributed by atoms with Gasteiger partial charge in [-0.3, -0.25) is 14.5 Å². The van der Waals surface area contributed by atoms with Crippen LogP contribution in [0.2, 0.25) is 0 Å². The number of methoxy groups -OCH3 is 1. The van der Waals surface area contributed by atoms with Gasteiger partial charge in [0.1, 0.15) is 5.75 Å². The predicted octanol–water partition coefficient (Wildman–Crippen LogP) is 0.933. The fourth-order valence-corrected chi connectivity index (χ4v) is 3.99. The Labute approximate surface area is 158 Å². The van der Waals surface area contributed by atoms with Crippen LogP contribution in [0.4, 0.5) is 0 Å². The maximum Gasteiger partial charge on any atom is 0.252 e. The zero-order chi connectivity index (χ0) is 18.8. The molecule has 1 unspecified atom stereocenters. The third-order valence-corrected chi connectivity index (χ3v) is 5.50. The molecule has 144 valence electrons. The van der Waals surface area contributed by atoms with E-state index in [4.69, 9.17) is 4.74 Å². The van der Waals surface area contributed by atoms with Crippen LogP contribution in [0.3, 0.4) is 0 Å². The molecule has 27 heavy (non-hydrogen) atoms. The predicted molar refractivity (Wildman–Crippen MR) is 104 cm³/mol. The van der Waals surface area contributed by atoms with Crippen LogP contribution in [0.25, 0.3) is 10.9 Å². The lowest BCUT2D eigenvalue weighted by atomic mass is 10.1. The maximum atomic E-state index is 12.7. The highest BCUT2D eigenvalue weighted by molar-refractivity contribution is 5.82. The zero-order valence-corrected chi connectivity index (χ0v) is 15.7. The molecule has 0 radical (unpaired) electrons.